The molecule has 0 amide bonds. The fraction of sp³-hybridized carbons (Fsp3) is 0.600. The van der Waals surface area contributed by atoms with Crippen LogP contribution in [0.5, 0.6) is 0 Å². The van der Waals surface area contributed by atoms with Crippen LogP contribution in [-0.2, 0) is 6.42 Å². The van der Waals surface area contributed by atoms with Crippen LogP contribution in [0.25, 0.3) is 0 Å². The van der Waals surface area contributed by atoms with E-state index in [1.807, 2.05) is 0 Å². The van der Waals surface area contributed by atoms with Gasteiger partial charge >= 0.3 is 0 Å². The van der Waals surface area contributed by atoms with Crippen molar-refractivity contribution in [2.45, 2.75) is 31.2 Å². The molecule has 2 rings (SSSR count). The molecule has 0 saturated carbocycles. The maximum atomic E-state index is 3.58. The van der Waals surface area contributed by atoms with E-state index in [1.165, 1.54) is 42.4 Å². The van der Waals surface area contributed by atoms with Crippen molar-refractivity contribution in [3.8, 4) is 0 Å². The number of aryl methyl sites for hydroxylation is 1. The SMILES string of the molecule is CNC1(CCc2cccc(Br)c2)CCN(C)CC1. The van der Waals surface area contributed by atoms with Crippen LogP contribution in [-0.4, -0.2) is 37.6 Å². The van der Waals surface area contributed by atoms with E-state index in [2.05, 4.69) is 64.5 Å². The predicted molar refractivity (Wildman–Crippen MR) is 81.0 cm³/mol. The first-order chi connectivity index (χ1) is 8.63. The highest BCUT2D eigenvalue weighted by atomic mass is 79.9. The first-order valence-electron chi connectivity index (χ1n) is 6.75. The largest absolute Gasteiger partial charge is 0.314 e. The lowest BCUT2D eigenvalue weighted by Crippen LogP contribution is -2.51. The fourth-order valence-corrected chi connectivity index (χ4v) is 3.19. The summed E-state index contributed by atoms with van der Waals surface area (Å²) in [7, 11) is 4.33. The van der Waals surface area contributed by atoms with Gasteiger partial charge in [-0.05, 0) is 70.6 Å². The fourth-order valence-electron chi connectivity index (χ4n) is 2.75. The van der Waals surface area contributed by atoms with Gasteiger partial charge in [0.1, 0.15) is 0 Å². The average Bonchev–Trinajstić information content (AvgIpc) is 2.39. The van der Waals surface area contributed by atoms with Crippen molar-refractivity contribution in [1.29, 1.82) is 0 Å². The van der Waals surface area contributed by atoms with Gasteiger partial charge in [0.2, 0.25) is 0 Å². The molecule has 1 fully saturated rings. The monoisotopic (exact) mass is 310 g/mol. The zero-order valence-electron chi connectivity index (χ0n) is 11.4. The molecular formula is C15H23BrN2. The minimum absolute atomic E-state index is 0.342. The predicted octanol–water partition coefficient (Wildman–Crippen LogP) is 3.07. The molecule has 0 aliphatic carbocycles. The molecule has 0 bridgehead atoms. The Morgan fingerprint density at radius 1 is 1.33 bits per heavy atom. The molecule has 3 heteroatoms. The van der Waals surface area contributed by atoms with E-state index in [4.69, 9.17) is 0 Å². The lowest BCUT2D eigenvalue weighted by Gasteiger charge is -2.41. The van der Waals surface area contributed by atoms with Gasteiger partial charge in [0.05, 0.1) is 0 Å². The third kappa shape index (κ3) is 3.56. The summed E-state index contributed by atoms with van der Waals surface area (Å²) in [4.78, 5) is 2.43. The smallest absolute Gasteiger partial charge is 0.0206 e. The van der Waals surface area contributed by atoms with Crippen LogP contribution in [0.4, 0.5) is 0 Å². The van der Waals surface area contributed by atoms with E-state index in [0.717, 1.165) is 6.42 Å². The average molecular weight is 311 g/mol. The lowest BCUT2D eigenvalue weighted by molar-refractivity contribution is 0.156. The molecule has 0 aromatic heterocycles. The minimum Gasteiger partial charge on any atom is -0.314 e. The Kier molecular flexibility index (Phi) is 4.82. The molecule has 1 N–H and O–H groups in total. The number of nitrogens with zero attached hydrogens (tertiary/aromatic N) is 1. The van der Waals surface area contributed by atoms with Crippen LogP contribution < -0.4 is 5.32 Å². The van der Waals surface area contributed by atoms with E-state index in [0.29, 0.717) is 5.54 Å². The highest BCUT2D eigenvalue weighted by Gasteiger charge is 2.31. The molecular weight excluding hydrogens is 288 g/mol. The Bertz CT molecular complexity index is 384. The van der Waals surface area contributed by atoms with Crippen LogP contribution in [0.1, 0.15) is 24.8 Å². The van der Waals surface area contributed by atoms with Gasteiger partial charge in [0.25, 0.3) is 0 Å². The molecule has 1 aliphatic heterocycles. The Labute approximate surface area is 119 Å². The highest BCUT2D eigenvalue weighted by Crippen LogP contribution is 2.27. The number of hydrogen-bond donors (Lipinski definition) is 1. The quantitative estimate of drug-likeness (QED) is 0.919. The summed E-state index contributed by atoms with van der Waals surface area (Å²) in [6, 6.07) is 8.68. The number of hydrogen-bond acceptors (Lipinski definition) is 2. The number of likely N-dealkylation sites (tertiary alicyclic amines) is 1. The lowest BCUT2D eigenvalue weighted by atomic mass is 9.82. The van der Waals surface area contributed by atoms with E-state index >= 15 is 0 Å². The Balaban J connectivity index is 1.95. The van der Waals surface area contributed by atoms with E-state index in [1.54, 1.807) is 0 Å². The second-order valence-corrected chi connectivity index (χ2v) is 6.38. The number of benzene rings is 1. The molecule has 1 saturated heterocycles. The molecule has 1 aliphatic rings. The van der Waals surface area contributed by atoms with Crippen molar-refractivity contribution in [2.24, 2.45) is 0 Å². The first-order valence-corrected chi connectivity index (χ1v) is 7.55. The summed E-state index contributed by atoms with van der Waals surface area (Å²) >= 11 is 3.54. The Morgan fingerprint density at radius 3 is 2.67 bits per heavy atom. The van der Waals surface area contributed by atoms with Crippen molar-refractivity contribution in [1.82, 2.24) is 10.2 Å². The van der Waals surface area contributed by atoms with Crippen molar-refractivity contribution < 1.29 is 0 Å². The van der Waals surface area contributed by atoms with Crippen LogP contribution in [0.15, 0.2) is 28.7 Å². The van der Waals surface area contributed by atoms with Gasteiger partial charge in [-0.1, -0.05) is 28.1 Å². The van der Waals surface area contributed by atoms with Gasteiger partial charge in [-0.25, -0.2) is 0 Å². The zero-order valence-corrected chi connectivity index (χ0v) is 13.0. The number of halogens is 1. The normalized spacial score (nSPS) is 19.9. The second kappa shape index (κ2) is 6.18. The van der Waals surface area contributed by atoms with Crippen molar-refractivity contribution in [3.05, 3.63) is 34.3 Å². The molecule has 1 aromatic carbocycles. The van der Waals surface area contributed by atoms with Gasteiger partial charge in [-0.15, -0.1) is 0 Å². The van der Waals surface area contributed by atoms with Gasteiger partial charge in [-0.3, -0.25) is 0 Å². The molecule has 2 nitrogen and oxygen atoms in total. The molecule has 0 atom stereocenters. The van der Waals surface area contributed by atoms with Crippen LogP contribution in [0, 0.1) is 0 Å². The number of nitrogens with one attached hydrogen (secondary N) is 1. The van der Waals surface area contributed by atoms with Crippen molar-refractivity contribution in [2.75, 3.05) is 27.2 Å². The molecule has 0 spiro atoms. The summed E-state index contributed by atoms with van der Waals surface area (Å²) < 4.78 is 1.18. The summed E-state index contributed by atoms with van der Waals surface area (Å²) in [6.07, 6.45) is 4.90. The van der Waals surface area contributed by atoms with Gasteiger partial charge in [0.15, 0.2) is 0 Å². The number of rotatable bonds is 4. The Morgan fingerprint density at radius 2 is 2.06 bits per heavy atom. The highest BCUT2D eigenvalue weighted by molar-refractivity contribution is 9.10. The van der Waals surface area contributed by atoms with E-state index in [-0.39, 0.29) is 0 Å². The summed E-state index contributed by atoms with van der Waals surface area (Å²) in [5.41, 5.74) is 1.77. The Hall–Kier alpha value is -0.380. The molecule has 1 aromatic rings. The summed E-state index contributed by atoms with van der Waals surface area (Å²) in [6.45, 7) is 2.42. The van der Waals surface area contributed by atoms with Gasteiger partial charge in [-0.2, -0.15) is 0 Å². The van der Waals surface area contributed by atoms with Crippen LogP contribution >= 0.6 is 15.9 Å². The second-order valence-electron chi connectivity index (χ2n) is 5.46. The van der Waals surface area contributed by atoms with Crippen LogP contribution in [0.3, 0.4) is 0 Å². The van der Waals surface area contributed by atoms with Crippen LogP contribution in [0.2, 0.25) is 0 Å². The zero-order chi connectivity index (χ0) is 13.0. The molecule has 0 radical (unpaired) electrons. The van der Waals surface area contributed by atoms with Crippen molar-refractivity contribution in [3.63, 3.8) is 0 Å². The minimum atomic E-state index is 0.342. The van der Waals surface area contributed by atoms with E-state index in [9.17, 15) is 0 Å². The maximum absolute atomic E-state index is 3.58. The number of piperidine rings is 1. The van der Waals surface area contributed by atoms with Gasteiger partial charge < -0.3 is 10.2 Å². The van der Waals surface area contributed by atoms with Crippen molar-refractivity contribution >= 4 is 15.9 Å². The third-order valence-electron chi connectivity index (χ3n) is 4.26. The molecule has 1 heterocycles. The molecule has 100 valence electrons. The molecule has 0 unspecified atom stereocenters. The maximum Gasteiger partial charge on any atom is 0.0206 e. The summed E-state index contributed by atoms with van der Waals surface area (Å²) in [5.74, 6) is 0. The summed E-state index contributed by atoms with van der Waals surface area (Å²) in [5, 5.41) is 3.58. The van der Waals surface area contributed by atoms with Gasteiger partial charge in [0, 0.05) is 10.0 Å². The standard InChI is InChI=1S/C15H23BrN2/c1-17-15(8-10-18(2)11-9-15)7-6-13-4-3-5-14(16)12-13/h3-5,12,17H,6-11H2,1-2H3. The molecule has 18 heavy (non-hydrogen) atoms. The first kappa shape index (κ1) is 14.0. The third-order valence-corrected chi connectivity index (χ3v) is 4.75. The topological polar surface area (TPSA) is 15.3 Å². The van der Waals surface area contributed by atoms with E-state index < -0.39 is 0 Å².